The van der Waals surface area contributed by atoms with Gasteiger partial charge in [0, 0.05) is 31.1 Å². The predicted octanol–water partition coefficient (Wildman–Crippen LogP) is 1.61. The number of hydrogen-bond donors (Lipinski definition) is 0. The van der Waals surface area contributed by atoms with Gasteiger partial charge in [-0.15, -0.1) is 11.6 Å². The van der Waals surface area contributed by atoms with Crippen molar-refractivity contribution in [2.75, 3.05) is 38.8 Å². The SMILES string of the molecule is CN(CC1CCCN(S(C)(=O)=O)C1)C(C)(C)CCl. The Morgan fingerprint density at radius 2 is 2.06 bits per heavy atom. The van der Waals surface area contributed by atoms with Crippen molar-refractivity contribution < 1.29 is 8.42 Å². The molecule has 1 atom stereocenters. The van der Waals surface area contributed by atoms with Crippen LogP contribution in [0.1, 0.15) is 26.7 Å². The molecule has 1 unspecified atom stereocenters. The van der Waals surface area contributed by atoms with E-state index in [0.717, 1.165) is 19.4 Å². The molecule has 4 nitrogen and oxygen atoms in total. The molecule has 1 fully saturated rings. The van der Waals surface area contributed by atoms with Crippen LogP contribution in [0.2, 0.25) is 0 Å². The van der Waals surface area contributed by atoms with Gasteiger partial charge in [0.15, 0.2) is 0 Å². The fraction of sp³-hybridized carbons (Fsp3) is 1.00. The first-order valence-corrected chi connectivity index (χ1v) is 8.77. The molecular formula is C12H25ClN2O2S. The van der Waals surface area contributed by atoms with Gasteiger partial charge in [-0.05, 0) is 39.7 Å². The van der Waals surface area contributed by atoms with Crippen molar-refractivity contribution in [1.82, 2.24) is 9.21 Å². The van der Waals surface area contributed by atoms with Crippen molar-refractivity contribution >= 4 is 21.6 Å². The Morgan fingerprint density at radius 3 is 2.56 bits per heavy atom. The average molecular weight is 297 g/mol. The first-order valence-electron chi connectivity index (χ1n) is 6.39. The van der Waals surface area contributed by atoms with Gasteiger partial charge in [-0.3, -0.25) is 4.90 Å². The minimum Gasteiger partial charge on any atom is -0.300 e. The Kier molecular flexibility index (Phi) is 5.47. The lowest BCUT2D eigenvalue weighted by atomic mass is 9.96. The molecule has 18 heavy (non-hydrogen) atoms. The Bertz CT molecular complexity index is 370. The van der Waals surface area contributed by atoms with Gasteiger partial charge in [0.25, 0.3) is 0 Å². The zero-order chi connectivity index (χ0) is 14.0. The smallest absolute Gasteiger partial charge is 0.211 e. The fourth-order valence-corrected chi connectivity index (χ4v) is 3.36. The lowest BCUT2D eigenvalue weighted by molar-refractivity contribution is 0.126. The van der Waals surface area contributed by atoms with E-state index in [4.69, 9.17) is 11.6 Å². The lowest BCUT2D eigenvalue weighted by Gasteiger charge is -2.39. The molecule has 0 bridgehead atoms. The number of sulfonamides is 1. The minimum atomic E-state index is -3.05. The van der Waals surface area contributed by atoms with E-state index >= 15 is 0 Å². The van der Waals surface area contributed by atoms with E-state index in [9.17, 15) is 8.42 Å². The van der Waals surface area contributed by atoms with Crippen LogP contribution in [0.15, 0.2) is 0 Å². The van der Waals surface area contributed by atoms with Crippen LogP contribution in [0.25, 0.3) is 0 Å². The van der Waals surface area contributed by atoms with E-state index in [1.54, 1.807) is 4.31 Å². The third kappa shape index (κ3) is 4.37. The highest BCUT2D eigenvalue weighted by Gasteiger charge is 2.30. The van der Waals surface area contributed by atoms with Crippen molar-refractivity contribution in [3.8, 4) is 0 Å². The van der Waals surface area contributed by atoms with Gasteiger partial charge in [-0.1, -0.05) is 0 Å². The summed E-state index contributed by atoms with van der Waals surface area (Å²) in [6, 6.07) is 0. The average Bonchev–Trinajstić information content (AvgIpc) is 2.28. The van der Waals surface area contributed by atoms with Crippen LogP contribution in [-0.4, -0.2) is 62.0 Å². The second kappa shape index (κ2) is 6.07. The Balaban J connectivity index is 2.58. The standard InChI is InChI=1S/C12H25ClN2O2S/c1-12(2,10-13)14(3)8-11-6-5-7-15(9-11)18(4,16)17/h11H,5-10H2,1-4H3. The van der Waals surface area contributed by atoms with E-state index < -0.39 is 10.0 Å². The quantitative estimate of drug-likeness (QED) is 0.724. The van der Waals surface area contributed by atoms with E-state index in [2.05, 4.69) is 25.8 Å². The zero-order valence-corrected chi connectivity index (χ0v) is 13.4. The second-order valence-corrected chi connectivity index (χ2v) is 8.21. The first kappa shape index (κ1) is 16.2. The van der Waals surface area contributed by atoms with E-state index in [1.807, 2.05) is 0 Å². The van der Waals surface area contributed by atoms with Crippen molar-refractivity contribution in [3.05, 3.63) is 0 Å². The van der Waals surface area contributed by atoms with Crippen LogP contribution in [-0.2, 0) is 10.0 Å². The Morgan fingerprint density at radius 1 is 1.44 bits per heavy atom. The number of rotatable bonds is 5. The summed E-state index contributed by atoms with van der Waals surface area (Å²) in [6.07, 6.45) is 3.34. The highest BCUT2D eigenvalue weighted by molar-refractivity contribution is 7.88. The fourth-order valence-electron chi connectivity index (χ4n) is 2.21. The normalized spacial score (nSPS) is 23.6. The highest BCUT2D eigenvalue weighted by atomic mass is 35.5. The molecule has 0 N–H and O–H groups in total. The van der Waals surface area contributed by atoms with Crippen LogP contribution in [0, 0.1) is 5.92 Å². The molecule has 0 aliphatic carbocycles. The Hall–Kier alpha value is 0.160. The van der Waals surface area contributed by atoms with Crippen LogP contribution < -0.4 is 0 Å². The molecule has 0 aromatic rings. The van der Waals surface area contributed by atoms with E-state index in [1.165, 1.54) is 6.26 Å². The summed E-state index contributed by atoms with van der Waals surface area (Å²) in [4.78, 5) is 2.23. The van der Waals surface area contributed by atoms with Gasteiger partial charge >= 0.3 is 0 Å². The maximum absolute atomic E-state index is 11.6. The van der Waals surface area contributed by atoms with Crippen LogP contribution in [0.3, 0.4) is 0 Å². The van der Waals surface area contributed by atoms with Gasteiger partial charge < -0.3 is 0 Å². The molecule has 1 aliphatic rings. The van der Waals surface area contributed by atoms with Crippen molar-refractivity contribution in [2.24, 2.45) is 5.92 Å². The van der Waals surface area contributed by atoms with Gasteiger partial charge in [-0.25, -0.2) is 12.7 Å². The molecule has 1 rings (SSSR count). The van der Waals surface area contributed by atoms with Crippen molar-refractivity contribution in [1.29, 1.82) is 0 Å². The maximum Gasteiger partial charge on any atom is 0.211 e. The predicted molar refractivity (Wildman–Crippen MR) is 76.6 cm³/mol. The van der Waals surface area contributed by atoms with Crippen LogP contribution in [0.5, 0.6) is 0 Å². The molecule has 108 valence electrons. The van der Waals surface area contributed by atoms with Crippen LogP contribution >= 0.6 is 11.6 Å². The summed E-state index contributed by atoms with van der Waals surface area (Å²) < 4.78 is 24.7. The summed E-state index contributed by atoms with van der Waals surface area (Å²) >= 11 is 5.96. The number of hydrogen-bond acceptors (Lipinski definition) is 3. The zero-order valence-electron chi connectivity index (χ0n) is 11.8. The summed E-state index contributed by atoms with van der Waals surface area (Å²) in [6.45, 7) is 6.42. The molecule has 0 radical (unpaired) electrons. The molecule has 1 saturated heterocycles. The van der Waals surface area contributed by atoms with Crippen LogP contribution in [0.4, 0.5) is 0 Å². The second-order valence-electron chi connectivity index (χ2n) is 5.96. The Labute approximate surface area is 116 Å². The molecular weight excluding hydrogens is 272 g/mol. The summed E-state index contributed by atoms with van der Waals surface area (Å²) in [7, 11) is -0.990. The van der Waals surface area contributed by atoms with Gasteiger partial charge in [0.1, 0.15) is 0 Å². The van der Waals surface area contributed by atoms with Crippen molar-refractivity contribution in [3.63, 3.8) is 0 Å². The molecule has 6 heteroatoms. The number of halogens is 1. The van der Waals surface area contributed by atoms with Crippen molar-refractivity contribution in [2.45, 2.75) is 32.2 Å². The number of alkyl halides is 1. The summed E-state index contributed by atoms with van der Waals surface area (Å²) in [5.74, 6) is 0.979. The van der Waals surface area contributed by atoms with E-state index in [0.29, 0.717) is 24.9 Å². The molecule has 1 aliphatic heterocycles. The summed E-state index contributed by atoms with van der Waals surface area (Å²) in [5, 5.41) is 0. The highest BCUT2D eigenvalue weighted by Crippen LogP contribution is 2.22. The molecule has 0 spiro atoms. The van der Waals surface area contributed by atoms with Gasteiger partial charge in [0.05, 0.1) is 6.26 Å². The van der Waals surface area contributed by atoms with E-state index in [-0.39, 0.29) is 5.54 Å². The maximum atomic E-state index is 11.6. The largest absolute Gasteiger partial charge is 0.300 e. The molecule has 0 saturated carbocycles. The van der Waals surface area contributed by atoms with Gasteiger partial charge in [0.2, 0.25) is 10.0 Å². The molecule has 0 aromatic carbocycles. The monoisotopic (exact) mass is 296 g/mol. The number of nitrogens with zero attached hydrogens (tertiary/aromatic N) is 2. The topological polar surface area (TPSA) is 40.6 Å². The molecule has 0 amide bonds. The minimum absolute atomic E-state index is 0.0467. The molecule has 0 aromatic heterocycles. The third-order valence-corrected chi connectivity index (χ3v) is 5.77. The summed E-state index contributed by atoms with van der Waals surface area (Å²) in [5.41, 5.74) is -0.0467. The van der Waals surface area contributed by atoms with Gasteiger partial charge in [-0.2, -0.15) is 0 Å². The molecule has 1 heterocycles. The number of piperidine rings is 1. The lowest BCUT2D eigenvalue weighted by Crippen LogP contribution is -2.48. The third-order valence-electron chi connectivity index (χ3n) is 3.84. The first-order chi connectivity index (χ1) is 8.16.